The molecule has 3 aromatic rings. The first-order valence-corrected chi connectivity index (χ1v) is 14.4. The number of ether oxygens (including phenoxy) is 3. The predicted molar refractivity (Wildman–Crippen MR) is 152 cm³/mol. The maximum absolute atomic E-state index is 15.2. The number of aromatic nitrogens is 1. The third kappa shape index (κ3) is 5.25. The fourth-order valence-corrected chi connectivity index (χ4v) is 6.63. The quantitative estimate of drug-likeness (QED) is 0.331. The highest BCUT2D eigenvalue weighted by molar-refractivity contribution is 6.30. The number of halogens is 2. The van der Waals surface area contributed by atoms with Gasteiger partial charge >= 0.3 is 11.9 Å². The van der Waals surface area contributed by atoms with Crippen molar-refractivity contribution in [1.29, 1.82) is 0 Å². The van der Waals surface area contributed by atoms with Gasteiger partial charge in [-0.3, -0.25) is 0 Å². The van der Waals surface area contributed by atoms with E-state index >= 15 is 4.39 Å². The van der Waals surface area contributed by atoms with Crippen molar-refractivity contribution < 1.29 is 28.2 Å². The standard InChI is InChI=1S/C32H32ClFN2O5/c1-39-31(38)26-13-14-27-29(35-26)36(16-21-9-10-22(21)17-40-30(37)20-6-3-2-4-7-20)18-32(19-41-27)15-5-8-23-24(32)11-12-25(33)28(23)34/h2-4,6-7,11-14,21-22H,5,8-10,15-19H2,1H3/t21-,22-,32?/m0/s1. The van der Waals surface area contributed by atoms with Gasteiger partial charge in [0.15, 0.2) is 17.3 Å². The molecule has 6 rings (SSSR count). The highest BCUT2D eigenvalue weighted by Gasteiger charge is 2.44. The molecule has 0 N–H and O–H groups in total. The lowest BCUT2D eigenvalue weighted by atomic mass is 9.69. The van der Waals surface area contributed by atoms with Gasteiger partial charge in [0.25, 0.3) is 0 Å². The third-order valence-electron chi connectivity index (χ3n) is 8.85. The molecule has 1 aliphatic heterocycles. The molecule has 3 atom stereocenters. The Morgan fingerprint density at radius 2 is 1.90 bits per heavy atom. The molecular formula is C32H32ClFN2O5. The Labute approximate surface area is 243 Å². The summed E-state index contributed by atoms with van der Waals surface area (Å²) < 4.78 is 32.2. The lowest BCUT2D eigenvalue weighted by Gasteiger charge is -2.44. The van der Waals surface area contributed by atoms with E-state index in [2.05, 4.69) is 9.88 Å². The van der Waals surface area contributed by atoms with Crippen molar-refractivity contribution in [1.82, 2.24) is 4.98 Å². The molecule has 9 heteroatoms. The number of rotatable bonds is 6. The van der Waals surface area contributed by atoms with Gasteiger partial charge in [0.05, 0.1) is 30.9 Å². The van der Waals surface area contributed by atoms with Crippen LogP contribution in [0.25, 0.3) is 0 Å². The molecule has 1 aromatic heterocycles. The topological polar surface area (TPSA) is 78.0 Å². The summed E-state index contributed by atoms with van der Waals surface area (Å²) in [5.41, 5.74) is 1.81. The van der Waals surface area contributed by atoms with E-state index in [1.165, 1.54) is 7.11 Å². The molecule has 2 aliphatic carbocycles. The number of nitrogens with zero attached hydrogens (tertiary/aromatic N) is 2. The first-order valence-electron chi connectivity index (χ1n) is 14.1. The van der Waals surface area contributed by atoms with Crippen LogP contribution in [0.1, 0.15) is 57.7 Å². The van der Waals surface area contributed by atoms with Crippen LogP contribution in [0.2, 0.25) is 5.02 Å². The summed E-state index contributed by atoms with van der Waals surface area (Å²) in [6.45, 7) is 1.86. The van der Waals surface area contributed by atoms with Gasteiger partial charge in [0.2, 0.25) is 0 Å². The summed E-state index contributed by atoms with van der Waals surface area (Å²) in [5.74, 6) is 0.371. The molecule has 0 amide bonds. The van der Waals surface area contributed by atoms with E-state index in [0.717, 1.165) is 31.2 Å². The largest absolute Gasteiger partial charge is 0.489 e. The number of hydrogen-bond acceptors (Lipinski definition) is 7. The van der Waals surface area contributed by atoms with E-state index in [1.54, 1.807) is 30.3 Å². The molecular weight excluding hydrogens is 547 g/mol. The molecule has 1 spiro atoms. The zero-order valence-electron chi connectivity index (χ0n) is 22.9. The minimum Gasteiger partial charge on any atom is -0.489 e. The van der Waals surface area contributed by atoms with Gasteiger partial charge in [0.1, 0.15) is 5.82 Å². The van der Waals surface area contributed by atoms with Crippen molar-refractivity contribution >= 4 is 29.4 Å². The SMILES string of the molecule is COC(=O)c1ccc2c(n1)N(C[C@@H]1CC[C@H]1COC(=O)c1ccccc1)CC1(CCCc3c1ccc(Cl)c3F)CO2. The predicted octanol–water partition coefficient (Wildman–Crippen LogP) is 6.02. The van der Waals surface area contributed by atoms with Crippen molar-refractivity contribution in [2.45, 2.75) is 37.5 Å². The smallest absolute Gasteiger partial charge is 0.356 e. The van der Waals surface area contributed by atoms with Gasteiger partial charge in [-0.1, -0.05) is 35.9 Å². The van der Waals surface area contributed by atoms with Crippen molar-refractivity contribution in [3.63, 3.8) is 0 Å². The Hall–Kier alpha value is -3.65. The van der Waals surface area contributed by atoms with Crippen molar-refractivity contribution in [3.05, 3.63) is 87.8 Å². The van der Waals surface area contributed by atoms with Crippen LogP contribution >= 0.6 is 11.6 Å². The van der Waals surface area contributed by atoms with Gasteiger partial charge < -0.3 is 19.1 Å². The Morgan fingerprint density at radius 1 is 1.10 bits per heavy atom. The number of fused-ring (bicyclic) bond motifs is 3. The molecule has 3 aliphatic rings. The van der Waals surface area contributed by atoms with Crippen LogP contribution < -0.4 is 9.64 Å². The van der Waals surface area contributed by atoms with Gasteiger partial charge in [0, 0.05) is 18.5 Å². The zero-order valence-corrected chi connectivity index (χ0v) is 23.7. The number of methoxy groups -OCH3 is 1. The molecule has 214 valence electrons. The van der Waals surface area contributed by atoms with E-state index in [0.29, 0.717) is 55.4 Å². The third-order valence-corrected chi connectivity index (χ3v) is 9.14. The molecule has 0 saturated heterocycles. The van der Waals surface area contributed by atoms with Crippen LogP contribution in [0.15, 0.2) is 54.6 Å². The number of anilines is 1. The summed E-state index contributed by atoms with van der Waals surface area (Å²) in [6.07, 6.45) is 4.18. The number of hydrogen-bond donors (Lipinski definition) is 0. The first kappa shape index (κ1) is 27.5. The second kappa shape index (κ2) is 11.3. The Kier molecular flexibility index (Phi) is 7.60. The summed E-state index contributed by atoms with van der Waals surface area (Å²) in [5, 5.41) is 0.127. The fraction of sp³-hybridized carbons (Fsp3) is 0.406. The maximum atomic E-state index is 15.2. The number of benzene rings is 2. The van der Waals surface area contributed by atoms with Crippen molar-refractivity contribution in [2.24, 2.45) is 11.8 Å². The number of carbonyl (C=O) groups is 2. The first-order chi connectivity index (χ1) is 19.9. The summed E-state index contributed by atoms with van der Waals surface area (Å²) in [6, 6.07) is 15.9. The van der Waals surface area contributed by atoms with Crippen LogP contribution in [0.4, 0.5) is 10.2 Å². The highest BCUT2D eigenvalue weighted by atomic mass is 35.5. The molecule has 0 bridgehead atoms. The minimum atomic E-state index is -0.527. The molecule has 41 heavy (non-hydrogen) atoms. The summed E-state index contributed by atoms with van der Waals surface area (Å²) >= 11 is 6.16. The van der Waals surface area contributed by atoms with E-state index < -0.39 is 11.4 Å². The van der Waals surface area contributed by atoms with Crippen LogP contribution in [-0.4, -0.2) is 50.3 Å². The maximum Gasteiger partial charge on any atom is 0.356 e. The van der Waals surface area contributed by atoms with Crippen LogP contribution in [0.5, 0.6) is 5.75 Å². The molecule has 1 unspecified atom stereocenters. The molecule has 2 heterocycles. The zero-order chi connectivity index (χ0) is 28.6. The Morgan fingerprint density at radius 3 is 2.66 bits per heavy atom. The number of esters is 2. The van der Waals surface area contributed by atoms with Crippen LogP contribution in [-0.2, 0) is 21.3 Å². The average Bonchev–Trinajstić information content (AvgIpc) is 3.14. The van der Waals surface area contributed by atoms with Gasteiger partial charge in [-0.05, 0) is 85.4 Å². The van der Waals surface area contributed by atoms with E-state index in [1.807, 2.05) is 24.3 Å². The van der Waals surface area contributed by atoms with Crippen LogP contribution in [0, 0.1) is 17.7 Å². The van der Waals surface area contributed by atoms with Gasteiger partial charge in [-0.15, -0.1) is 0 Å². The fourth-order valence-electron chi connectivity index (χ4n) is 6.45. The Bertz CT molecular complexity index is 1470. The molecule has 2 aromatic carbocycles. The number of pyridine rings is 1. The van der Waals surface area contributed by atoms with Crippen molar-refractivity contribution in [3.8, 4) is 5.75 Å². The molecule has 1 fully saturated rings. The van der Waals surface area contributed by atoms with Gasteiger partial charge in [-0.2, -0.15) is 0 Å². The normalized spacial score (nSPS) is 23.0. The number of carbonyl (C=O) groups excluding carboxylic acids is 2. The summed E-state index contributed by atoms with van der Waals surface area (Å²) in [7, 11) is 1.33. The monoisotopic (exact) mass is 578 g/mol. The average molecular weight is 579 g/mol. The van der Waals surface area contributed by atoms with E-state index in [9.17, 15) is 9.59 Å². The van der Waals surface area contributed by atoms with Crippen LogP contribution in [0.3, 0.4) is 0 Å². The molecule has 0 radical (unpaired) electrons. The van der Waals surface area contributed by atoms with Gasteiger partial charge in [-0.25, -0.2) is 19.0 Å². The Balaban J connectivity index is 1.29. The highest BCUT2D eigenvalue weighted by Crippen LogP contribution is 2.46. The molecule has 1 saturated carbocycles. The lowest BCUT2D eigenvalue weighted by Crippen LogP contribution is -2.49. The lowest BCUT2D eigenvalue weighted by molar-refractivity contribution is 0.0246. The molecule has 7 nitrogen and oxygen atoms in total. The van der Waals surface area contributed by atoms with E-state index in [4.69, 9.17) is 25.8 Å². The summed E-state index contributed by atoms with van der Waals surface area (Å²) in [4.78, 5) is 31.8. The van der Waals surface area contributed by atoms with E-state index in [-0.39, 0.29) is 34.3 Å². The van der Waals surface area contributed by atoms with Crippen molar-refractivity contribution in [2.75, 3.05) is 38.3 Å². The second-order valence-electron chi connectivity index (χ2n) is 11.3. The second-order valence-corrected chi connectivity index (χ2v) is 11.7. The minimum absolute atomic E-state index is 0.127.